The summed E-state index contributed by atoms with van der Waals surface area (Å²) in [6, 6.07) is 9.31. The van der Waals surface area contributed by atoms with Crippen LogP contribution in [-0.2, 0) is 9.53 Å². The van der Waals surface area contributed by atoms with E-state index in [1.54, 1.807) is 22.3 Å². The van der Waals surface area contributed by atoms with Gasteiger partial charge < -0.3 is 9.64 Å². The van der Waals surface area contributed by atoms with Crippen molar-refractivity contribution >= 4 is 45.2 Å². The number of thiazole rings is 1. The number of esters is 1. The maximum Gasteiger partial charge on any atom is 0.391 e. The van der Waals surface area contributed by atoms with Crippen LogP contribution in [0, 0.1) is 11.8 Å². The normalized spacial score (nSPS) is 18.0. The smallest absolute Gasteiger partial charge is 0.391 e. The molecule has 6 nitrogen and oxygen atoms in total. The zero-order valence-corrected chi connectivity index (χ0v) is 23.3. The summed E-state index contributed by atoms with van der Waals surface area (Å²) in [5.41, 5.74) is 3.10. The van der Waals surface area contributed by atoms with Gasteiger partial charge in [-0.15, -0.1) is 22.7 Å². The Morgan fingerprint density at radius 3 is 2.36 bits per heavy atom. The number of carbonyl (C=O) groups is 2. The molecule has 0 unspecified atom stereocenters. The number of anilines is 1. The van der Waals surface area contributed by atoms with Crippen LogP contribution >= 0.6 is 22.7 Å². The van der Waals surface area contributed by atoms with Crippen LogP contribution in [0.25, 0.3) is 26.7 Å². The number of imidazole rings is 1. The van der Waals surface area contributed by atoms with E-state index in [0.717, 1.165) is 26.7 Å². The summed E-state index contributed by atoms with van der Waals surface area (Å²) in [5.74, 6) is -2.71. The Labute approximate surface area is 232 Å². The highest BCUT2D eigenvalue weighted by atomic mass is 32.1. The molecule has 11 heteroatoms. The molecule has 0 N–H and O–H groups in total. The topological polar surface area (TPSA) is 63.9 Å². The van der Waals surface area contributed by atoms with Crippen LogP contribution < -0.4 is 4.90 Å². The number of aromatic nitrogens is 2. The first-order valence-electron chi connectivity index (χ1n) is 12.7. The van der Waals surface area contributed by atoms with Crippen molar-refractivity contribution in [1.29, 1.82) is 0 Å². The predicted molar refractivity (Wildman–Crippen MR) is 147 cm³/mol. The molecular weight excluding hydrogens is 547 g/mol. The van der Waals surface area contributed by atoms with Crippen molar-refractivity contribution in [3.05, 3.63) is 53.0 Å². The Kier molecular flexibility index (Phi) is 7.56. The van der Waals surface area contributed by atoms with Crippen molar-refractivity contribution in [2.45, 2.75) is 51.7 Å². The third-order valence-corrected chi connectivity index (χ3v) is 9.12. The van der Waals surface area contributed by atoms with Gasteiger partial charge in [0.2, 0.25) is 5.91 Å². The monoisotopic (exact) mass is 575 g/mol. The van der Waals surface area contributed by atoms with Gasteiger partial charge >= 0.3 is 12.1 Å². The molecule has 1 fully saturated rings. The van der Waals surface area contributed by atoms with Crippen molar-refractivity contribution < 1.29 is 27.5 Å². The Hall–Kier alpha value is -3.18. The van der Waals surface area contributed by atoms with Crippen LogP contribution in [-0.4, -0.2) is 40.6 Å². The number of methoxy groups -OCH3 is 1. The van der Waals surface area contributed by atoms with Crippen molar-refractivity contribution in [3.8, 4) is 21.7 Å². The summed E-state index contributed by atoms with van der Waals surface area (Å²) in [6.45, 7) is 3.67. The summed E-state index contributed by atoms with van der Waals surface area (Å²) < 4.78 is 46.5. The zero-order valence-electron chi connectivity index (χ0n) is 21.7. The summed E-state index contributed by atoms with van der Waals surface area (Å²) in [7, 11) is 1.29. The van der Waals surface area contributed by atoms with Gasteiger partial charge in [0, 0.05) is 40.2 Å². The number of thiophene rings is 1. The average molecular weight is 576 g/mol. The molecule has 3 aromatic heterocycles. The lowest BCUT2D eigenvalue weighted by molar-refractivity contribution is -0.184. The lowest BCUT2D eigenvalue weighted by Crippen LogP contribution is -2.43. The molecule has 5 rings (SSSR count). The largest absolute Gasteiger partial charge is 0.465 e. The molecule has 1 amide bonds. The number of halogens is 3. The predicted octanol–water partition coefficient (Wildman–Crippen LogP) is 7.69. The van der Waals surface area contributed by atoms with E-state index in [9.17, 15) is 22.8 Å². The third-order valence-electron chi connectivity index (χ3n) is 7.19. The van der Waals surface area contributed by atoms with E-state index in [1.807, 2.05) is 60.3 Å². The number of amides is 1. The van der Waals surface area contributed by atoms with Gasteiger partial charge in [-0.25, -0.2) is 9.78 Å². The number of fused-ring (bicyclic) bond motifs is 1. The second-order valence-corrected chi connectivity index (χ2v) is 11.9. The van der Waals surface area contributed by atoms with E-state index in [4.69, 9.17) is 4.74 Å². The molecule has 0 spiro atoms. The molecule has 206 valence electrons. The van der Waals surface area contributed by atoms with Crippen LogP contribution in [0.2, 0.25) is 0 Å². The van der Waals surface area contributed by atoms with Gasteiger partial charge in [-0.2, -0.15) is 13.2 Å². The van der Waals surface area contributed by atoms with E-state index in [2.05, 4.69) is 4.98 Å². The van der Waals surface area contributed by atoms with Crippen molar-refractivity contribution in [3.63, 3.8) is 0 Å². The fourth-order valence-electron chi connectivity index (χ4n) is 5.13. The first-order valence-corrected chi connectivity index (χ1v) is 14.4. The molecule has 0 saturated heterocycles. The fourth-order valence-corrected chi connectivity index (χ4v) is 6.90. The van der Waals surface area contributed by atoms with E-state index in [0.29, 0.717) is 5.69 Å². The van der Waals surface area contributed by atoms with Crippen molar-refractivity contribution in [1.82, 2.24) is 9.38 Å². The Balaban J connectivity index is 1.43. The lowest BCUT2D eigenvalue weighted by Gasteiger charge is -2.34. The molecule has 1 aliphatic rings. The van der Waals surface area contributed by atoms with Gasteiger partial charge in [-0.05, 0) is 51.2 Å². The number of rotatable bonds is 6. The van der Waals surface area contributed by atoms with Gasteiger partial charge in [0.15, 0.2) is 4.96 Å². The molecular formula is C28H28F3N3O3S2. The van der Waals surface area contributed by atoms with Crippen LogP contribution in [0.4, 0.5) is 18.9 Å². The van der Waals surface area contributed by atoms with E-state index >= 15 is 0 Å². The summed E-state index contributed by atoms with van der Waals surface area (Å²) in [5, 5.41) is 1.97. The number of ether oxygens (including phenoxy) is 1. The highest BCUT2D eigenvalue weighted by Gasteiger charge is 2.43. The summed E-state index contributed by atoms with van der Waals surface area (Å²) >= 11 is 2.79. The highest BCUT2D eigenvalue weighted by Crippen LogP contribution is 2.43. The van der Waals surface area contributed by atoms with Gasteiger partial charge in [0.25, 0.3) is 0 Å². The Bertz CT molecular complexity index is 1450. The van der Waals surface area contributed by atoms with Crippen LogP contribution in [0.3, 0.4) is 0 Å². The number of carbonyl (C=O) groups excluding carboxylic acids is 2. The van der Waals surface area contributed by atoms with E-state index in [-0.39, 0.29) is 42.5 Å². The first-order chi connectivity index (χ1) is 18.6. The molecule has 4 aromatic rings. The number of nitrogens with zero attached hydrogens (tertiary/aromatic N) is 3. The minimum absolute atomic E-state index is 0.0638. The van der Waals surface area contributed by atoms with Gasteiger partial charge in [-0.1, -0.05) is 24.3 Å². The molecule has 3 heterocycles. The molecule has 1 aliphatic carbocycles. The molecule has 0 atom stereocenters. The van der Waals surface area contributed by atoms with Gasteiger partial charge in [0.1, 0.15) is 4.88 Å². The van der Waals surface area contributed by atoms with E-state index < -0.39 is 24.0 Å². The van der Waals surface area contributed by atoms with Gasteiger partial charge in [-0.3, -0.25) is 9.20 Å². The second-order valence-electron chi connectivity index (χ2n) is 10.0. The SMILES string of the molecule is COC(=O)c1sc(-c2ccc(-c3cn4ccsc4n3)cc2)cc1N(C(=O)C1CCC(C(F)(F)F)CC1)C(C)C. The quantitative estimate of drug-likeness (QED) is 0.221. The Morgan fingerprint density at radius 2 is 1.77 bits per heavy atom. The highest BCUT2D eigenvalue weighted by molar-refractivity contribution is 7.18. The molecule has 39 heavy (non-hydrogen) atoms. The molecule has 1 saturated carbocycles. The van der Waals surface area contributed by atoms with Crippen LogP contribution in [0.1, 0.15) is 49.2 Å². The van der Waals surface area contributed by atoms with Gasteiger partial charge in [0.05, 0.1) is 24.4 Å². The van der Waals surface area contributed by atoms with E-state index in [1.165, 1.54) is 18.4 Å². The minimum atomic E-state index is -4.24. The summed E-state index contributed by atoms with van der Waals surface area (Å²) in [4.78, 5) is 34.6. The third kappa shape index (κ3) is 5.47. The number of alkyl halides is 3. The number of benzene rings is 1. The zero-order chi connectivity index (χ0) is 27.9. The first kappa shape index (κ1) is 27.4. The molecule has 0 bridgehead atoms. The maximum absolute atomic E-state index is 13.6. The Morgan fingerprint density at radius 1 is 1.10 bits per heavy atom. The molecule has 0 radical (unpaired) electrons. The number of hydrogen-bond acceptors (Lipinski definition) is 6. The summed E-state index contributed by atoms with van der Waals surface area (Å²) in [6.07, 6.45) is -0.106. The second kappa shape index (κ2) is 10.8. The lowest BCUT2D eigenvalue weighted by atomic mass is 9.81. The average Bonchev–Trinajstić information content (AvgIpc) is 3.63. The standard InChI is InChI=1S/C28H28F3N3O3S2/c1-16(2)34(25(35)19-8-10-20(11-9-19)28(29,30)31)22-14-23(39-24(22)26(36)37-3)18-6-4-17(5-7-18)21-15-33-12-13-38-27(33)32-21/h4-7,12-16,19-20H,8-11H2,1-3H3. The van der Waals surface area contributed by atoms with Crippen molar-refractivity contribution in [2.24, 2.45) is 11.8 Å². The fraction of sp³-hybridized carbons (Fsp3) is 0.393. The minimum Gasteiger partial charge on any atom is -0.465 e. The number of hydrogen-bond donors (Lipinski definition) is 0. The molecule has 1 aromatic carbocycles. The van der Waals surface area contributed by atoms with Crippen LogP contribution in [0.15, 0.2) is 48.1 Å². The molecule has 0 aliphatic heterocycles. The van der Waals surface area contributed by atoms with Crippen molar-refractivity contribution in [2.75, 3.05) is 12.0 Å². The van der Waals surface area contributed by atoms with Crippen LogP contribution in [0.5, 0.6) is 0 Å². The maximum atomic E-state index is 13.6.